The van der Waals surface area contributed by atoms with Gasteiger partial charge in [-0.05, 0) is 58.1 Å². The molecule has 0 aliphatic carbocycles. The summed E-state index contributed by atoms with van der Waals surface area (Å²) in [5.41, 5.74) is 1.32. The van der Waals surface area contributed by atoms with Crippen LogP contribution in [0.2, 0.25) is 0 Å². The highest BCUT2D eigenvalue weighted by atomic mass is 16.2. The van der Waals surface area contributed by atoms with Crippen LogP contribution in [0.25, 0.3) is 0 Å². The number of rotatable bonds is 6. The van der Waals surface area contributed by atoms with Gasteiger partial charge in [0.2, 0.25) is 5.91 Å². The first kappa shape index (κ1) is 20.3. The second-order valence-corrected chi connectivity index (χ2v) is 8.11. The van der Waals surface area contributed by atoms with E-state index in [4.69, 9.17) is 0 Å². The lowest BCUT2D eigenvalue weighted by Gasteiger charge is -2.31. The van der Waals surface area contributed by atoms with Crippen molar-refractivity contribution < 1.29 is 4.79 Å². The minimum absolute atomic E-state index is 0.162. The normalized spacial score (nSPS) is 22.0. The van der Waals surface area contributed by atoms with Crippen molar-refractivity contribution in [1.82, 2.24) is 20.0 Å². The monoisotopic (exact) mass is 372 g/mol. The largest absolute Gasteiger partial charge is 0.353 e. The van der Waals surface area contributed by atoms with Crippen molar-refractivity contribution >= 4 is 5.91 Å². The summed E-state index contributed by atoms with van der Waals surface area (Å²) in [6, 6.07) is 11.0. The maximum absolute atomic E-state index is 12.6. The maximum Gasteiger partial charge on any atom is 0.234 e. The standard InChI is InChI=1S/C22H36N4O/c1-24-12-9-13-25(17-16-24)19-22(27)23-18-21(20-10-5-4-6-11-20)26-14-7-2-3-8-15-26/h4-6,10-11,21H,2-3,7-9,12-19H2,1H3,(H,23,27)/t21-/m1/s1. The van der Waals surface area contributed by atoms with Crippen molar-refractivity contribution in [2.24, 2.45) is 0 Å². The van der Waals surface area contributed by atoms with Crippen molar-refractivity contribution in [3.63, 3.8) is 0 Å². The lowest BCUT2D eigenvalue weighted by Crippen LogP contribution is -2.43. The van der Waals surface area contributed by atoms with Crippen LogP contribution in [0.4, 0.5) is 0 Å². The van der Waals surface area contributed by atoms with Crippen molar-refractivity contribution in [1.29, 1.82) is 0 Å². The molecule has 0 unspecified atom stereocenters. The average Bonchev–Trinajstić information content (AvgIpc) is 3.06. The van der Waals surface area contributed by atoms with E-state index >= 15 is 0 Å². The zero-order valence-corrected chi connectivity index (χ0v) is 16.9. The van der Waals surface area contributed by atoms with E-state index in [1.54, 1.807) is 0 Å². The molecule has 2 fully saturated rings. The van der Waals surface area contributed by atoms with Crippen LogP contribution in [-0.2, 0) is 4.79 Å². The third-order valence-corrected chi connectivity index (χ3v) is 5.94. The van der Waals surface area contributed by atoms with Gasteiger partial charge in [-0.15, -0.1) is 0 Å². The predicted molar refractivity (Wildman–Crippen MR) is 111 cm³/mol. The minimum atomic E-state index is 0.162. The highest BCUT2D eigenvalue weighted by Gasteiger charge is 2.22. The molecule has 1 aromatic carbocycles. The molecule has 2 saturated heterocycles. The van der Waals surface area contributed by atoms with Gasteiger partial charge >= 0.3 is 0 Å². The van der Waals surface area contributed by atoms with Crippen LogP contribution in [0.15, 0.2) is 30.3 Å². The number of likely N-dealkylation sites (N-methyl/N-ethyl adjacent to an activating group) is 1. The van der Waals surface area contributed by atoms with Crippen LogP contribution in [0.1, 0.15) is 43.7 Å². The fourth-order valence-corrected chi connectivity index (χ4v) is 4.27. The third-order valence-electron chi connectivity index (χ3n) is 5.94. The zero-order chi connectivity index (χ0) is 18.9. The van der Waals surface area contributed by atoms with Gasteiger partial charge in [-0.25, -0.2) is 0 Å². The van der Waals surface area contributed by atoms with Crippen molar-refractivity contribution in [3.05, 3.63) is 35.9 Å². The van der Waals surface area contributed by atoms with Crippen LogP contribution >= 0.6 is 0 Å². The SMILES string of the molecule is CN1CCCN(CC(=O)NC[C@H](c2ccccc2)N2CCCCCC2)CC1. The summed E-state index contributed by atoms with van der Waals surface area (Å²) in [5.74, 6) is 0.162. The molecule has 3 rings (SSSR count). The molecule has 1 N–H and O–H groups in total. The predicted octanol–water partition coefficient (Wildman–Crippen LogP) is 2.36. The van der Waals surface area contributed by atoms with Crippen molar-refractivity contribution in [2.45, 2.75) is 38.1 Å². The summed E-state index contributed by atoms with van der Waals surface area (Å²) >= 11 is 0. The Morgan fingerprint density at radius 3 is 2.41 bits per heavy atom. The Morgan fingerprint density at radius 1 is 0.926 bits per heavy atom. The summed E-state index contributed by atoms with van der Waals surface area (Å²) in [5, 5.41) is 3.24. The molecule has 27 heavy (non-hydrogen) atoms. The second kappa shape index (κ2) is 10.8. The van der Waals surface area contributed by atoms with E-state index in [-0.39, 0.29) is 11.9 Å². The van der Waals surface area contributed by atoms with Crippen LogP contribution in [0, 0.1) is 0 Å². The molecule has 0 spiro atoms. The Hall–Kier alpha value is -1.43. The first-order chi connectivity index (χ1) is 13.2. The number of carbonyl (C=O) groups excluding carboxylic acids is 1. The quantitative estimate of drug-likeness (QED) is 0.832. The number of likely N-dealkylation sites (tertiary alicyclic amines) is 1. The van der Waals surface area contributed by atoms with Crippen molar-refractivity contribution in [3.8, 4) is 0 Å². The number of benzene rings is 1. The van der Waals surface area contributed by atoms with Gasteiger partial charge in [-0.2, -0.15) is 0 Å². The zero-order valence-electron chi connectivity index (χ0n) is 16.9. The lowest BCUT2D eigenvalue weighted by atomic mass is 10.0. The number of nitrogens with one attached hydrogen (secondary N) is 1. The molecule has 1 amide bonds. The summed E-state index contributed by atoms with van der Waals surface area (Å²) in [6.45, 7) is 7.68. The molecule has 150 valence electrons. The van der Waals surface area contributed by atoms with Crippen LogP contribution < -0.4 is 5.32 Å². The summed E-state index contributed by atoms with van der Waals surface area (Å²) in [4.78, 5) is 19.8. The van der Waals surface area contributed by atoms with Gasteiger partial charge in [-0.3, -0.25) is 14.6 Å². The van der Waals surface area contributed by atoms with Gasteiger partial charge in [-0.1, -0.05) is 43.2 Å². The number of carbonyl (C=O) groups is 1. The number of amides is 1. The molecule has 2 aliphatic rings. The average molecular weight is 373 g/mol. The Balaban J connectivity index is 1.56. The molecule has 2 aliphatic heterocycles. The van der Waals surface area contributed by atoms with E-state index in [0.29, 0.717) is 13.1 Å². The molecule has 1 atom stereocenters. The number of nitrogens with zero attached hydrogens (tertiary/aromatic N) is 3. The van der Waals surface area contributed by atoms with E-state index in [9.17, 15) is 4.79 Å². The fourth-order valence-electron chi connectivity index (χ4n) is 4.27. The van der Waals surface area contributed by atoms with E-state index in [1.807, 2.05) is 0 Å². The minimum Gasteiger partial charge on any atom is -0.353 e. The molecule has 0 radical (unpaired) electrons. The van der Waals surface area contributed by atoms with Crippen molar-refractivity contribution in [2.75, 3.05) is 59.4 Å². The number of hydrogen-bond donors (Lipinski definition) is 1. The van der Waals surface area contributed by atoms with E-state index < -0.39 is 0 Å². The Kier molecular flexibility index (Phi) is 8.11. The van der Waals surface area contributed by atoms with Gasteiger partial charge in [0.1, 0.15) is 0 Å². The van der Waals surface area contributed by atoms with E-state index in [2.05, 4.69) is 57.4 Å². The fraction of sp³-hybridized carbons (Fsp3) is 0.682. The van der Waals surface area contributed by atoms with Crippen LogP contribution in [0.3, 0.4) is 0 Å². The van der Waals surface area contributed by atoms with Crippen LogP contribution in [-0.4, -0.2) is 80.0 Å². The molecular weight excluding hydrogens is 336 g/mol. The molecule has 5 nitrogen and oxygen atoms in total. The topological polar surface area (TPSA) is 38.8 Å². The molecule has 0 aromatic heterocycles. The van der Waals surface area contributed by atoms with Gasteiger partial charge in [0.05, 0.1) is 12.6 Å². The van der Waals surface area contributed by atoms with Crippen LogP contribution in [0.5, 0.6) is 0 Å². The highest BCUT2D eigenvalue weighted by molar-refractivity contribution is 5.78. The maximum atomic E-state index is 12.6. The van der Waals surface area contributed by atoms with Gasteiger partial charge in [0.15, 0.2) is 0 Å². The molecule has 5 heteroatoms. The second-order valence-electron chi connectivity index (χ2n) is 8.11. The lowest BCUT2D eigenvalue weighted by molar-refractivity contribution is -0.122. The summed E-state index contributed by atoms with van der Waals surface area (Å²) in [7, 11) is 2.16. The molecule has 2 heterocycles. The Bertz CT molecular complexity index is 557. The van der Waals surface area contributed by atoms with E-state index in [0.717, 1.165) is 45.7 Å². The van der Waals surface area contributed by atoms with Gasteiger partial charge < -0.3 is 10.2 Å². The summed E-state index contributed by atoms with van der Waals surface area (Å²) < 4.78 is 0. The van der Waals surface area contributed by atoms with Gasteiger partial charge in [0, 0.05) is 19.6 Å². The van der Waals surface area contributed by atoms with E-state index in [1.165, 1.54) is 31.2 Å². The van der Waals surface area contributed by atoms with Gasteiger partial charge in [0.25, 0.3) is 0 Å². The number of hydrogen-bond acceptors (Lipinski definition) is 4. The highest BCUT2D eigenvalue weighted by Crippen LogP contribution is 2.23. The first-order valence-electron chi connectivity index (χ1n) is 10.7. The molecule has 0 bridgehead atoms. The third kappa shape index (κ3) is 6.59. The molecule has 1 aromatic rings. The Labute approximate surface area is 164 Å². The summed E-state index contributed by atoms with van der Waals surface area (Å²) in [6.07, 6.45) is 6.32. The molecule has 0 saturated carbocycles. The smallest absolute Gasteiger partial charge is 0.234 e. The first-order valence-corrected chi connectivity index (χ1v) is 10.7. The molecular formula is C22H36N4O. The Morgan fingerprint density at radius 2 is 1.67 bits per heavy atom.